The van der Waals surface area contributed by atoms with Gasteiger partial charge >= 0.3 is 0 Å². The molecule has 1 heterocycles. The van der Waals surface area contributed by atoms with Gasteiger partial charge in [0.05, 0.1) is 4.91 Å². The van der Waals surface area contributed by atoms with E-state index in [0.29, 0.717) is 23.8 Å². The van der Waals surface area contributed by atoms with Crippen molar-refractivity contribution in [2.45, 2.75) is 32.1 Å². The van der Waals surface area contributed by atoms with E-state index >= 15 is 0 Å². The molecular weight excluding hydrogens is 360 g/mol. The molecule has 0 spiro atoms. The summed E-state index contributed by atoms with van der Waals surface area (Å²) in [5.41, 5.74) is 0.891. The maximum Gasteiger partial charge on any atom is 0.293 e. The molecule has 1 N–H and O–H groups in total. The number of thioether (sulfide) groups is 1. The fourth-order valence-corrected chi connectivity index (χ4v) is 5.50. The maximum atomic E-state index is 12.5. The monoisotopic (exact) mass is 384 g/mol. The first-order valence-electron chi connectivity index (χ1n) is 9.67. The van der Waals surface area contributed by atoms with Gasteiger partial charge < -0.3 is 5.32 Å². The van der Waals surface area contributed by atoms with Crippen LogP contribution in [0.2, 0.25) is 0 Å². The van der Waals surface area contributed by atoms with Gasteiger partial charge in [-0.1, -0.05) is 36.8 Å². The van der Waals surface area contributed by atoms with Crippen LogP contribution in [-0.2, 0) is 9.59 Å². The highest BCUT2D eigenvalue weighted by Gasteiger charge is 2.40. The third-order valence-corrected chi connectivity index (χ3v) is 6.87. The molecule has 0 aromatic heterocycles. The van der Waals surface area contributed by atoms with Crippen LogP contribution >= 0.6 is 11.8 Å². The summed E-state index contributed by atoms with van der Waals surface area (Å²) >= 11 is 0.956. The third kappa shape index (κ3) is 4.10. The number of carbonyl (C=O) groups excluding carboxylic acids is 3. The van der Waals surface area contributed by atoms with E-state index in [4.69, 9.17) is 0 Å². The average molecular weight is 385 g/mol. The summed E-state index contributed by atoms with van der Waals surface area (Å²) in [6.45, 7) is 0.537. The summed E-state index contributed by atoms with van der Waals surface area (Å²) in [4.78, 5) is 38.5. The van der Waals surface area contributed by atoms with Crippen LogP contribution in [0.1, 0.15) is 37.7 Å². The largest absolute Gasteiger partial charge is 0.354 e. The van der Waals surface area contributed by atoms with E-state index < -0.39 is 0 Å². The van der Waals surface area contributed by atoms with Gasteiger partial charge in [-0.2, -0.15) is 0 Å². The molecule has 27 heavy (non-hydrogen) atoms. The highest BCUT2D eigenvalue weighted by molar-refractivity contribution is 8.18. The van der Waals surface area contributed by atoms with Crippen molar-refractivity contribution in [1.82, 2.24) is 10.2 Å². The number of amides is 3. The first-order valence-corrected chi connectivity index (χ1v) is 10.5. The van der Waals surface area contributed by atoms with Gasteiger partial charge in [-0.15, -0.1) is 0 Å². The number of nitrogens with zero attached hydrogens (tertiary/aromatic N) is 1. The summed E-state index contributed by atoms with van der Waals surface area (Å²) in [6, 6.07) is 9.47. The smallest absolute Gasteiger partial charge is 0.293 e. The number of hydrogen-bond donors (Lipinski definition) is 1. The molecule has 2 aliphatic carbocycles. The Labute approximate surface area is 163 Å². The minimum absolute atomic E-state index is 0.0411. The van der Waals surface area contributed by atoms with Crippen LogP contribution in [0.25, 0.3) is 6.08 Å². The van der Waals surface area contributed by atoms with E-state index in [2.05, 4.69) is 5.32 Å². The molecule has 5 nitrogen and oxygen atoms in total. The Bertz CT molecular complexity index is 777. The topological polar surface area (TPSA) is 66.5 Å². The Morgan fingerprint density at radius 2 is 2.00 bits per heavy atom. The summed E-state index contributed by atoms with van der Waals surface area (Å²) in [7, 11) is 0. The SMILES string of the molecule is O=C(C[C@@H]1C[C@H]2CC[C@H]1C2)NCCN1C(=O)S/C(=C/c2ccccc2)C1=O. The molecule has 0 radical (unpaired) electrons. The summed E-state index contributed by atoms with van der Waals surface area (Å²) in [6.07, 6.45) is 7.40. The predicted octanol–water partition coefficient (Wildman–Crippen LogP) is 3.67. The first-order chi connectivity index (χ1) is 13.1. The lowest BCUT2D eigenvalue weighted by Crippen LogP contribution is -2.38. The molecule has 2 saturated carbocycles. The number of rotatable bonds is 6. The lowest BCUT2D eigenvalue weighted by Gasteiger charge is -2.21. The Balaban J connectivity index is 1.26. The maximum absolute atomic E-state index is 12.5. The highest BCUT2D eigenvalue weighted by Crippen LogP contribution is 2.49. The van der Waals surface area contributed by atoms with Crippen LogP contribution in [0, 0.1) is 17.8 Å². The molecule has 2 bridgehead atoms. The Hall–Kier alpha value is -2.08. The van der Waals surface area contributed by atoms with E-state index in [1.807, 2.05) is 30.3 Å². The van der Waals surface area contributed by atoms with Crippen molar-refractivity contribution in [3.63, 3.8) is 0 Å². The van der Waals surface area contributed by atoms with Gasteiger partial charge in [0.25, 0.3) is 11.1 Å². The van der Waals surface area contributed by atoms with E-state index in [9.17, 15) is 14.4 Å². The minimum atomic E-state index is -0.281. The Morgan fingerprint density at radius 3 is 2.70 bits per heavy atom. The van der Waals surface area contributed by atoms with Crippen molar-refractivity contribution in [3.05, 3.63) is 40.8 Å². The summed E-state index contributed by atoms with van der Waals surface area (Å²) < 4.78 is 0. The molecule has 1 aliphatic heterocycles. The Kier molecular flexibility index (Phi) is 5.34. The first kappa shape index (κ1) is 18.3. The highest BCUT2D eigenvalue weighted by atomic mass is 32.2. The molecule has 1 saturated heterocycles. The second-order valence-electron chi connectivity index (χ2n) is 7.73. The van der Waals surface area contributed by atoms with E-state index in [-0.39, 0.29) is 23.6 Å². The number of carbonyl (C=O) groups is 3. The Morgan fingerprint density at radius 1 is 1.19 bits per heavy atom. The average Bonchev–Trinajstić information content (AvgIpc) is 3.34. The fourth-order valence-electron chi connectivity index (χ4n) is 4.64. The van der Waals surface area contributed by atoms with E-state index in [0.717, 1.165) is 29.2 Å². The van der Waals surface area contributed by atoms with Crippen LogP contribution in [0.15, 0.2) is 35.2 Å². The van der Waals surface area contributed by atoms with Gasteiger partial charge in [0.2, 0.25) is 5.91 Å². The lowest BCUT2D eigenvalue weighted by molar-refractivity contribution is -0.124. The zero-order valence-electron chi connectivity index (χ0n) is 15.2. The second kappa shape index (κ2) is 7.89. The molecule has 1 aromatic carbocycles. The second-order valence-corrected chi connectivity index (χ2v) is 8.73. The van der Waals surface area contributed by atoms with Crippen LogP contribution in [0.4, 0.5) is 4.79 Å². The van der Waals surface area contributed by atoms with Gasteiger partial charge in [-0.25, -0.2) is 0 Å². The van der Waals surface area contributed by atoms with Gasteiger partial charge in [-0.05, 0) is 60.4 Å². The van der Waals surface area contributed by atoms with Crippen molar-refractivity contribution < 1.29 is 14.4 Å². The van der Waals surface area contributed by atoms with Gasteiger partial charge in [0.1, 0.15) is 0 Å². The lowest BCUT2D eigenvalue weighted by atomic mass is 9.86. The summed E-state index contributed by atoms with van der Waals surface area (Å²) in [5.74, 6) is 1.84. The molecule has 4 rings (SSSR count). The van der Waals surface area contributed by atoms with E-state index in [1.165, 1.54) is 30.6 Å². The van der Waals surface area contributed by atoms with Gasteiger partial charge in [0.15, 0.2) is 0 Å². The normalized spacial score (nSPS) is 28.4. The molecule has 3 atom stereocenters. The molecule has 3 aliphatic rings. The van der Waals surface area contributed by atoms with Gasteiger partial charge in [-0.3, -0.25) is 19.3 Å². The predicted molar refractivity (Wildman–Crippen MR) is 106 cm³/mol. The number of hydrogen-bond acceptors (Lipinski definition) is 4. The van der Waals surface area contributed by atoms with Crippen molar-refractivity contribution in [2.75, 3.05) is 13.1 Å². The van der Waals surface area contributed by atoms with Crippen molar-refractivity contribution >= 4 is 34.9 Å². The number of nitrogens with one attached hydrogen (secondary N) is 1. The third-order valence-electron chi connectivity index (χ3n) is 5.96. The quantitative estimate of drug-likeness (QED) is 0.760. The molecule has 1 aromatic rings. The molecule has 3 amide bonds. The summed E-state index contributed by atoms with van der Waals surface area (Å²) in [5, 5.41) is 2.61. The molecule has 142 valence electrons. The molecule has 6 heteroatoms. The van der Waals surface area contributed by atoms with Crippen molar-refractivity contribution in [3.8, 4) is 0 Å². The minimum Gasteiger partial charge on any atom is -0.354 e. The van der Waals surface area contributed by atoms with Gasteiger partial charge in [0, 0.05) is 19.5 Å². The zero-order valence-corrected chi connectivity index (χ0v) is 16.0. The van der Waals surface area contributed by atoms with E-state index in [1.54, 1.807) is 6.08 Å². The standard InChI is InChI=1S/C21H24N2O3S/c24-19(13-17-11-15-6-7-16(17)10-15)22-8-9-23-20(25)18(27-21(23)26)12-14-4-2-1-3-5-14/h1-5,12,15-17H,6-11,13H2,(H,22,24)/b18-12+/t15-,16-,17-/m0/s1. The molecule has 0 unspecified atom stereocenters. The van der Waals surface area contributed by atoms with Crippen LogP contribution in [-0.4, -0.2) is 35.0 Å². The van der Waals surface area contributed by atoms with Crippen molar-refractivity contribution in [1.29, 1.82) is 0 Å². The molecule has 3 fully saturated rings. The number of imide groups is 1. The van der Waals surface area contributed by atoms with Crippen molar-refractivity contribution in [2.24, 2.45) is 17.8 Å². The number of fused-ring (bicyclic) bond motifs is 2. The molecular formula is C21H24N2O3S. The van der Waals surface area contributed by atoms with Crippen LogP contribution in [0.3, 0.4) is 0 Å². The van der Waals surface area contributed by atoms with Crippen LogP contribution < -0.4 is 5.32 Å². The number of benzene rings is 1. The zero-order chi connectivity index (χ0) is 18.8. The van der Waals surface area contributed by atoms with Crippen LogP contribution in [0.5, 0.6) is 0 Å². The fraction of sp³-hybridized carbons (Fsp3) is 0.476.